The fourth-order valence-electron chi connectivity index (χ4n) is 3.44. The molecular weight excluding hydrogens is 208 g/mol. The molecule has 2 fully saturated rings. The van der Waals surface area contributed by atoms with Gasteiger partial charge in [0.2, 0.25) is 0 Å². The quantitative estimate of drug-likeness (QED) is 0.783. The smallest absolute Gasteiger partial charge is 0.105 e. The number of hydrogen-bond acceptors (Lipinski definition) is 1. The van der Waals surface area contributed by atoms with Crippen LogP contribution in [0.4, 0.5) is 0 Å². The second kappa shape index (κ2) is 4.43. The molecule has 1 aromatic rings. The Balaban J connectivity index is 1.77. The summed E-state index contributed by atoms with van der Waals surface area (Å²) in [7, 11) is 2.11. The molecule has 1 aromatic carbocycles. The zero-order valence-electron chi connectivity index (χ0n) is 10.7. The van der Waals surface area contributed by atoms with Crippen LogP contribution in [0.25, 0.3) is 0 Å². The van der Waals surface area contributed by atoms with E-state index < -0.39 is 0 Å². The molecule has 1 saturated heterocycles. The van der Waals surface area contributed by atoms with Crippen LogP contribution in [0.1, 0.15) is 24.8 Å². The van der Waals surface area contributed by atoms with Gasteiger partial charge in [0.15, 0.2) is 0 Å². The maximum atomic E-state index is 3.47. The Morgan fingerprint density at radius 1 is 1.18 bits per heavy atom. The van der Waals surface area contributed by atoms with E-state index in [1.54, 1.807) is 0 Å². The highest BCUT2D eigenvalue weighted by Crippen LogP contribution is 2.39. The summed E-state index contributed by atoms with van der Waals surface area (Å²) in [6.45, 7) is 3.94. The molecule has 2 atom stereocenters. The fraction of sp³-hybridized carbons (Fsp3) is 0.600. The summed E-state index contributed by atoms with van der Waals surface area (Å²) < 4.78 is 1.34. The molecule has 2 heteroatoms. The Morgan fingerprint density at radius 3 is 2.53 bits per heavy atom. The van der Waals surface area contributed by atoms with E-state index in [0.29, 0.717) is 0 Å². The van der Waals surface area contributed by atoms with E-state index in [4.69, 9.17) is 0 Å². The number of likely N-dealkylation sites (tertiary alicyclic amines) is 1. The van der Waals surface area contributed by atoms with Crippen molar-refractivity contribution in [3.05, 3.63) is 35.9 Å². The molecule has 1 saturated carbocycles. The lowest BCUT2D eigenvalue weighted by Crippen LogP contribution is -2.48. The van der Waals surface area contributed by atoms with Gasteiger partial charge < -0.3 is 9.80 Å². The number of nitrogens with zero attached hydrogens (tertiary/aromatic N) is 1. The van der Waals surface area contributed by atoms with E-state index in [9.17, 15) is 0 Å². The van der Waals surface area contributed by atoms with Gasteiger partial charge in [-0.15, -0.1) is 0 Å². The standard InChI is InChI=1S/C15H23N2/c1-16-14-9-10-17(12-14,15-7-8-15)11-13-5-3-2-4-6-13/h2-6,14-16H,7-12H2,1H3/q+1. The average molecular weight is 231 g/mol. The van der Waals surface area contributed by atoms with E-state index in [1.165, 1.54) is 48.9 Å². The molecule has 0 aromatic heterocycles. The van der Waals surface area contributed by atoms with E-state index in [0.717, 1.165) is 12.1 Å². The summed E-state index contributed by atoms with van der Waals surface area (Å²) in [5.41, 5.74) is 1.51. The van der Waals surface area contributed by atoms with E-state index >= 15 is 0 Å². The average Bonchev–Trinajstić information content (AvgIpc) is 3.14. The highest BCUT2D eigenvalue weighted by Gasteiger charge is 2.49. The lowest BCUT2D eigenvalue weighted by Gasteiger charge is -2.35. The molecule has 0 radical (unpaired) electrons. The molecule has 17 heavy (non-hydrogen) atoms. The van der Waals surface area contributed by atoms with Gasteiger partial charge in [-0.1, -0.05) is 30.3 Å². The Hall–Kier alpha value is -0.860. The number of quaternary nitrogens is 1. The van der Waals surface area contributed by atoms with Crippen LogP contribution in [-0.2, 0) is 6.54 Å². The number of nitrogens with one attached hydrogen (secondary N) is 1. The van der Waals surface area contributed by atoms with Crippen LogP contribution < -0.4 is 5.32 Å². The van der Waals surface area contributed by atoms with Gasteiger partial charge in [-0.25, -0.2) is 0 Å². The van der Waals surface area contributed by atoms with Crippen molar-refractivity contribution in [2.45, 2.75) is 37.9 Å². The molecule has 1 heterocycles. The van der Waals surface area contributed by atoms with E-state index in [1.807, 2.05) is 0 Å². The van der Waals surface area contributed by atoms with Gasteiger partial charge >= 0.3 is 0 Å². The van der Waals surface area contributed by atoms with E-state index in [-0.39, 0.29) is 0 Å². The van der Waals surface area contributed by atoms with E-state index in [2.05, 4.69) is 42.7 Å². The van der Waals surface area contributed by atoms with Crippen LogP contribution in [0, 0.1) is 0 Å². The van der Waals surface area contributed by atoms with Gasteiger partial charge in [0, 0.05) is 24.8 Å². The Kier molecular flexibility index (Phi) is 2.93. The van der Waals surface area contributed by atoms with Gasteiger partial charge in [-0.3, -0.25) is 0 Å². The summed E-state index contributed by atoms with van der Waals surface area (Å²) in [6.07, 6.45) is 4.24. The first-order valence-electron chi connectivity index (χ1n) is 6.89. The highest BCUT2D eigenvalue weighted by molar-refractivity contribution is 5.13. The van der Waals surface area contributed by atoms with Gasteiger partial charge in [0.25, 0.3) is 0 Å². The first-order chi connectivity index (χ1) is 8.32. The predicted molar refractivity (Wildman–Crippen MR) is 70.6 cm³/mol. The highest BCUT2D eigenvalue weighted by atomic mass is 15.4. The summed E-state index contributed by atoms with van der Waals surface area (Å²) in [4.78, 5) is 0. The van der Waals surface area contributed by atoms with Crippen LogP contribution in [0.15, 0.2) is 30.3 Å². The van der Waals surface area contributed by atoms with Crippen LogP contribution in [0.5, 0.6) is 0 Å². The lowest BCUT2D eigenvalue weighted by molar-refractivity contribution is -0.940. The molecule has 0 bridgehead atoms. The maximum Gasteiger partial charge on any atom is 0.105 e. The number of likely N-dealkylation sites (N-methyl/N-ethyl adjacent to an activating group) is 1. The Bertz CT molecular complexity index is 372. The summed E-state index contributed by atoms with van der Waals surface area (Å²) in [6, 6.07) is 12.7. The Labute approximate surface area is 104 Å². The molecule has 0 spiro atoms. The number of rotatable bonds is 4. The summed E-state index contributed by atoms with van der Waals surface area (Å²) in [5.74, 6) is 0. The van der Waals surface area contributed by atoms with Crippen LogP contribution in [0.2, 0.25) is 0 Å². The molecule has 1 aliphatic carbocycles. The third kappa shape index (κ3) is 2.24. The molecular formula is C15H23N2+. The molecule has 3 rings (SSSR count). The van der Waals surface area contributed by atoms with Crippen molar-refractivity contribution in [1.82, 2.24) is 5.32 Å². The second-order valence-electron chi connectivity index (χ2n) is 5.77. The van der Waals surface area contributed by atoms with Crippen molar-refractivity contribution < 1.29 is 4.48 Å². The molecule has 92 valence electrons. The van der Waals surface area contributed by atoms with Crippen molar-refractivity contribution in [3.63, 3.8) is 0 Å². The summed E-state index contributed by atoms with van der Waals surface area (Å²) in [5, 5.41) is 3.47. The predicted octanol–water partition coefficient (Wildman–Crippen LogP) is 2.16. The molecule has 1 aliphatic heterocycles. The first kappa shape index (κ1) is 11.2. The van der Waals surface area contributed by atoms with Crippen molar-refractivity contribution in [2.75, 3.05) is 20.1 Å². The van der Waals surface area contributed by atoms with Gasteiger partial charge in [0.1, 0.15) is 6.54 Å². The number of hydrogen-bond donors (Lipinski definition) is 1. The second-order valence-corrected chi connectivity index (χ2v) is 5.77. The van der Waals surface area contributed by atoms with Crippen molar-refractivity contribution >= 4 is 0 Å². The topological polar surface area (TPSA) is 12.0 Å². The molecule has 2 aliphatic rings. The minimum absolute atomic E-state index is 0.735. The molecule has 2 unspecified atom stereocenters. The van der Waals surface area contributed by atoms with Gasteiger partial charge in [-0.05, 0) is 7.05 Å². The maximum absolute atomic E-state index is 3.47. The Morgan fingerprint density at radius 2 is 1.94 bits per heavy atom. The monoisotopic (exact) mass is 231 g/mol. The third-order valence-electron chi connectivity index (χ3n) is 4.58. The molecule has 0 amide bonds. The van der Waals surface area contributed by atoms with Gasteiger partial charge in [-0.2, -0.15) is 0 Å². The zero-order valence-corrected chi connectivity index (χ0v) is 10.7. The van der Waals surface area contributed by atoms with Crippen molar-refractivity contribution in [2.24, 2.45) is 0 Å². The molecule has 2 nitrogen and oxygen atoms in total. The normalized spacial score (nSPS) is 32.9. The van der Waals surface area contributed by atoms with Crippen molar-refractivity contribution in [3.8, 4) is 0 Å². The van der Waals surface area contributed by atoms with Crippen LogP contribution in [-0.4, -0.2) is 36.7 Å². The summed E-state index contributed by atoms with van der Waals surface area (Å²) >= 11 is 0. The van der Waals surface area contributed by atoms with Crippen molar-refractivity contribution in [1.29, 1.82) is 0 Å². The minimum Gasteiger partial charge on any atom is -0.316 e. The van der Waals surface area contributed by atoms with Crippen LogP contribution in [0.3, 0.4) is 0 Å². The fourth-order valence-corrected chi connectivity index (χ4v) is 3.44. The zero-order chi connectivity index (χ0) is 11.7. The largest absolute Gasteiger partial charge is 0.316 e. The SMILES string of the molecule is CNC1CC[N+](Cc2ccccc2)(C2CC2)C1. The third-order valence-corrected chi connectivity index (χ3v) is 4.58. The lowest BCUT2D eigenvalue weighted by atomic mass is 10.2. The number of benzene rings is 1. The van der Waals surface area contributed by atoms with Gasteiger partial charge in [0.05, 0.1) is 25.2 Å². The minimum atomic E-state index is 0.735. The van der Waals surface area contributed by atoms with Crippen LogP contribution >= 0.6 is 0 Å². The molecule has 1 N–H and O–H groups in total. The first-order valence-corrected chi connectivity index (χ1v) is 6.89.